The highest BCUT2D eigenvalue weighted by Gasteiger charge is 2.42. The van der Waals surface area contributed by atoms with Crippen LogP contribution in [0.5, 0.6) is 0 Å². The summed E-state index contributed by atoms with van der Waals surface area (Å²) in [6.45, 7) is 9.07. The first-order valence-corrected chi connectivity index (χ1v) is 13.5. The van der Waals surface area contributed by atoms with Gasteiger partial charge in [-0.1, -0.05) is 24.1 Å². The zero-order valence-electron chi connectivity index (χ0n) is 21.7. The predicted molar refractivity (Wildman–Crippen MR) is 141 cm³/mol. The highest BCUT2D eigenvalue weighted by molar-refractivity contribution is 7.98. The first kappa shape index (κ1) is 28.6. The highest BCUT2D eigenvalue weighted by Crippen LogP contribution is 2.35. The van der Waals surface area contributed by atoms with Gasteiger partial charge in [0, 0.05) is 17.6 Å². The monoisotopic (exact) mass is 501 g/mol. The molecule has 2 unspecified atom stereocenters. The van der Waals surface area contributed by atoms with Crippen molar-refractivity contribution in [1.82, 2.24) is 15.5 Å². The van der Waals surface area contributed by atoms with Gasteiger partial charge in [0.2, 0.25) is 11.8 Å². The van der Waals surface area contributed by atoms with Crippen LogP contribution in [0, 0.1) is 12.3 Å². The lowest BCUT2D eigenvalue weighted by molar-refractivity contribution is -0.147. The summed E-state index contributed by atoms with van der Waals surface area (Å²) in [5.41, 5.74) is 0.472. The van der Waals surface area contributed by atoms with Crippen LogP contribution in [0.4, 0.5) is 4.79 Å². The number of carbonyl (C=O) groups excluding carboxylic acids is 3. The lowest BCUT2D eigenvalue weighted by atomic mass is 9.87. The summed E-state index contributed by atoms with van der Waals surface area (Å²) in [5, 5.41) is 5.74. The van der Waals surface area contributed by atoms with Crippen molar-refractivity contribution in [3.63, 3.8) is 0 Å². The number of alkyl carbamates (subject to hydrolysis) is 1. The van der Waals surface area contributed by atoms with Crippen LogP contribution >= 0.6 is 11.8 Å². The summed E-state index contributed by atoms with van der Waals surface area (Å²) in [7, 11) is 0. The first-order valence-electron chi connectivity index (χ1n) is 12.1. The Labute approximate surface area is 214 Å². The van der Waals surface area contributed by atoms with Gasteiger partial charge in [0.05, 0.1) is 0 Å². The molecule has 2 rings (SSSR count). The third-order valence-corrected chi connectivity index (χ3v) is 6.33. The van der Waals surface area contributed by atoms with E-state index in [1.54, 1.807) is 49.6 Å². The molecule has 1 saturated carbocycles. The summed E-state index contributed by atoms with van der Waals surface area (Å²) < 4.78 is 5.43. The van der Waals surface area contributed by atoms with E-state index in [-0.39, 0.29) is 23.9 Å². The maximum absolute atomic E-state index is 14.1. The molecule has 0 radical (unpaired) electrons. The molecule has 1 aromatic rings. The number of thioether (sulfide) groups is 1. The minimum atomic E-state index is -0.903. The minimum absolute atomic E-state index is 0.117. The van der Waals surface area contributed by atoms with Crippen LogP contribution in [-0.4, -0.2) is 58.5 Å². The second kappa shape index (κ2) is 12.9. The Kier molecular flexibility index (Phi) is 10.5. The third kappa shape index (κ3) is 8.21. The summed E-state index contributed by atoms with van der Waals surface area (Å²) in [6.07, 6.45) is 10.0. The molecule has 0 aliphatic heterocycles. The van der Waals surface area contributed by atoms with Crippen LogP contribution < -0.4 is 10.6 Å². The quantitative estimate of drug-likeness (QED) is 0.468. The maximum Gasteiger partial charge on any atom is 0.408 e. The summed E-state index contributed by atoms with van der Waals surface area (Å²) in [5.74, 6) is 2.74. The Hall–Kier alpha value is -2.66. The molecule has 1 aromatic carbocycles. The average Bonchev–Trinajstić information content (AvgIpc) is 2.73. The van der Waals surface area contributed by atoms with E-state index in [2.05, 4.69) is 16.6 Å². The molecule has 192 valence electrons. The molecule has 0 aromatic heterocycles. The number of carbonyl (C=O) groups is 3. The summed E-state index contributed by atoms with van der Waals surface area (Å²) >= 11 is 1.58. The van der Waals surface area contributed by atoms with Gasteiger partial charge in [0.1, 0.15) is 17.7 Å². The molecule has 1 aliphatic rings. The lowest BCUT2D eigenvalue weighted by Crippen LogP contribution is -2.58. The lowest BCUT2D eigenvalue weighted by Gasteiger charge is -2.44. The van der Waals surface area contributed by atoms with E-state index in [0.717, 1.165) is 19.3 Å². The SMILES string of the molecule is C#Cc1ccccc1C(C(=O)NC(C)C)N(C(=O)C(CCSC)NC(=O)OC(C)(C)C)C1CCC1. The molecule has 7 nitrogen and oxygen atoms in total. The Bertz CT molecular complexity index is 931. The molecule has 0 spiro atoms. The zero-order chi connectivity index (χ0) is 26.2. The minimum Gasteiger partial charge on any atom is -0.444 e. The second-order valence-electron chi connectivity index (χ2n) is 10.1. The number of nitrogens with one attached hydrogen (secondary N) is 2. The Morgan fingerprint density at radius 2 is 1.86 bits per heavy atom. The van der Waals surface area contributed by atoms with Gasteiger partial charge >= 0.3 is 6.09 Å². The van der Waals surface area contributed by atoms with E-state index in [9.17, 15) is 14.4 Å². The first-order chi connectivity index (χ1) is 16.5. The van der Waals surface area contributed by atoms with E-state index >= 15 is 0 Å². The van der Waals surface area contributed by atoms with Crippen LogP contribution in [-0.2, 0) is 14.3 Å². The van der Waals surface area contributed by atoms with Gasteiger partial charge in [-0.05, 0) is 83.9 Å². The fourth-order valence-electron chi connectivity index (χ4n) is 3.95. The van der Waals surface area contributed by atoms with Crippen molar-refractivity contribution in [3.8, 4) is 12.3 Å². The maximum atomic E-state index is 14.1. The van der Waals surface area contributed by atoms with Gasteiger partial charge in [0.15, 0.2) is 0 Å². The topological polar surface area (TPSA) is 87.7 Å². The molecule has 35 heavy (non-hydrogen) atoms. The number of hydrogen-bond donors (Lipinski definition) is 2. The van der Waals surface area contributed by atoms with Crippen molar-refractivity contribution < 1.29 is 19.1 Å². The van der Waals surface area contributed by atoms with E-state index in [1.807, 2.05) is 32.2 Å². The predicted octanol–water partition coefficient (Wildman–Crippen LogP) is 4.26. The van der Waals surface area contributed by atoms with E-state index < -0.39 is 23.8 Å². The number of amides is 3. The fraction of sp³-hybridized carbons (Fsp3) is 0.593. The number of terminal acetylenes is 1. The van der Waals surface area contributed by atoms with Crippen LogP contribution in [0.3, 0.4) is 0 Å². The molecule has 1 fully saturated rings. The molecule has 2 atom stereocenters. The molecule has 1 aliphatic carbocycles. The molecule has 0 bridgehead atoms. The zero-order valence-corrected chi connectivity index (χ0v) is 22.5. The van der Waals surface area contributed by atoms with Gasteiger partial charge in [-0.3, -0.25) is 9.59 Å². The van der Waals surface area contributed by atoms with Crippen LogP contribution in [0.2, 0.25) is 0 Å². The Morgan fingerprint density at radius 3 is 2.37 bits per heavy atom. The average molecular weight is 502 g/mol. The van der Waals surface area contributed by atoms with E-state index in [4.69, 9.17) is 11.2 Å². The number of rotatable bonds is 10. The number of ether oxygens (including phenoxy) is 1. The van der Waals surface area contributed by atoms with Crippen molar-refractivity contribution in [1.29, 1.82) is 0 Å². The molecule has 8 heteroatoms. The number of hydrogen-bond acceptors (Lipinski definition) is 5. The van der Waals surface area contributed by atoms with Crippen molar-refractivity contribution in [3.05, 3.63) is 35.4 Å². The Balaban J connectivity index is 2.52. The molecular formula is C27H39N3O4S. The van der Waals surface area contributed by atoms with Gasteiger partial charge in [-0.15, -0.1) is 6.42 Å². The van der Waals surface area contributed by atoms with Crippen LogP contribution in [0.25, 0.3) is 0 Å². The molecule has 0 saturated heterocycles. The second-order valence-corrected chi connectivity index (χ2v) is 11.1. The van der Waals surface area contributed by atoms with Gasteiger partial charge in [-0.2, -0.15) is 11.8 Å². The van der Waals surface area contributed by atoms with Crippen molar-refractivity contribution in [2.24, 2.45) is 0 Å². The summed E-state index contributed by atoms with van der Waals surface area (Å²) in [4.78, 5) is 41.9. The third-order valence-electron chi connectivity index (χ3n) is 5.69. The molecule has 0 heterocycles. The van der Waals surface area contributed by atoms with Crippen molar-refractivity contribution >= 4 is 29.7 Å². The standard InChI is InChI=1S/C27H39N3O4S/c1-8-19-12-9-10-15-21(19)23(24(31)28-18(2)3)30(20-13-11-14-20)25(32)22(16-17-35-7)29-26(33)34-27(4,5)6/h1,9-10,12,15,18,20,22-23H,11,13-14,16-17H2,2-7H3,(H,28,31)(H,29,33). The normalized spacial score (nSPS) is 15.4. The van der Waals surface area contributed by atoms with E-state index in [1.165, 1.54) is 0 Å². The van der Waals surface area contributed by atoms with Gasteiger partial charge in [-0.25, -0.2) is 4.79 Å². The van der Waals surface area contributed by atoms with Crippen molar-refractivity contribution in [2.45, 2.75) is 90.1 Å². The summed E-state index contributed by atoms with van der Waals surface area (Å²) in [6, 6.07) is 5.25. The van der Waals surface area contributed by atoms with Crippen molar-refractivity contribution in [2.75, 3.05) is 12.0 Å². The smallest absolute Gasteiger partial charge is 0.408 e. The number of benzene rings is 1. The van der Waals surface area contributed by atoms with Crippen LogP contribution in [0.15, 0.2) is 24.3 Å². The highest BCUT2D eigenvalue weighted by atomic mass is 32.2. The van der Waals surface area contributed by atoms with Gasteiger partial charge in [0.25, 0.3) is 0 Å². The molecule has 2 N–H and O–H groups in total. The van der Waals surface area contributed by atoms with Crippen LogP contribution in [0.1, 0.15) is 77.5 Å². The number of nitrogens with zero attached hydrogens (tertiary/aromatic N) is 1. The fourth-order valence-corrected chi connectivity index (χ4v) is 4.42. The largest absolute Gasteiger partial charge is 0.444 e. The van der Waals surface area contributed by atoms with E-state index in [0.29, 0.717) is 23.3 Å². The van der Waals surface area contributed by atoms with Gasteiger partial charge < -0.3 is 20.3 Å². The Morgan fingerprint density at radius 1 is 1.20 bits per heavy atom. The molecule has 3 amide bonds. The molecular weight excluding hydrogens is 462 g/mol.